The summed E-state index contributed by atoms with van der Waals surface area (Å²) in [6.07, 6.45) is 0.709. The standard InChI is InChI=1S/C13H20O2/c1-10-4-5-12(6-11(10)2)7-13(3,8-14)9-15/h4-6,14-15H,7-9H2,1-3H3. The lowest BCUT2D eigenvalue weighted by Crippen LogP contribution is -2.28. The molecule has 0 unspecified atom stereocenters. The Morgan fingerprint density at radius 1 is 1.07 bits per heavy atom. The lowest BCUT2D eigenvalue weighted by Gasteiger charge is -2.24. The van der Waals surface area contributed by atoms with Crippen molar-refractivity contribution in [2.75, 3.05) is 13.2 Å². The van der Waals surface area contributed by atoms with Crippen LogP contribution in [0.1, 0.15) is 23.6 Å². The average molecular weight is 208 g/mol. The maximum absolute atomic E-state index is 9.21. The van der Waals surface area contributed by atoms with Gasteiger partial charge in [-0.05, 0) is 37.0 Å². The van der Waals surface area contributed by atoms with Crippen molar-refractivity contribution in [1.82, 2.24) is 0 Å². The molecule has 0 heterocycles. The maximum Gasteiger partial charge on any atom is 0.0509 e. The molecule has 1 aromatic rings. The van der Waals surface area contributed by atoms with E-state index in [0.29, 0.717) is 6.42 Å². The van der Waals surface area contributed by atoms with E-state index in [9.17, 15) is 10.2 Å². The van der Waals surface area contributed by atoms with E-state index in [-0.39, 0.29) is 13.2 Å². The van der Waals surface area contributed by atoms with Gasteiger partial charge in [-0.3, -0.25) is 0 Å². The van der Waals surface area contributed by atoms with Gasteiger partial charge in [-0.1, -0.05) is 25.1 Å². The van der Waals surface area contributed by atoms with Gasteiger partial charge in [-0.2, -0.15) is 0 Å². The van der Waals surface area contributed by atoms with E-state index in [1.165, 1.54) is 16.7 Å². The van der Waals surface area contributed by atoms with Crippen LogP contribution in [0.25, 0.3) is 0 Å². The molecule has 2 heteroatoms. The van der Waals surface area contributed by atoms with Gasteiger partial charge in [0.1, 0.15) is 0 Å². The molecule has 0 aliphatic heterocycles. The number of rotatable bonds is 4. The molecule has 84 valence electrons. The Balaban J connectivity index is 2.85. The van der Waals surface area contributed by atoms with E-state index >= 15 is 0 Å². The van der Waals surface area contributed by atoms with Crippen LogP contribution in [0.3, 0.4) is 0 Å². The lowest BCUT2D eigenvalue weighted by molar-refractivity contribution is 0.0704. The van der Waals surface area contributed by atoms with E-state index in [1.54, 1.807) is 0 Å². The number of aryl methyl sites for hydroxylation is 2. The Bertz CT molecular complexity index is 327. The molecule has 2 nitrogen and oxygen atoms in total. The smallest absolute Gasteiger partial charge is 0.0509 e. The average Bonchev–Trinajstić information content (AvgIpc) is 2.23. The van der Waals surface area contributed by atoms with Crippen LogP contribution in [0.4, 0.5) is 0 Å². The highest BCUT2D eigenvalue weighted by atomic mass is 16.3. The number of aliphatic hydroxyl groups is 2. The summed E-state index contributed by atoms with van der Waals surface area (Å²) in [5.74, 6) is 0. The molecule has 2 N–H and O–H groups in total. The maximum atomic E-state index is 9.21. The second-order valence-corrected chi connectivity index (χ2v) is 4.72. The predicted molar refractivity (Wildman–Crippen MR) is 61.9 cm³/mol. The highest BCUT2D eigenvalue weighted by Crippen LogP contribution is 2.22. The highest BCUT2D eigenvalue weighted by Gasteiger charge is 2.22. The SMILES string of the molecule is Cc1ccc(CC(C)(CO)CO)cc1C. The molecule has 0 radical (unpaired) electrons. The summed E-state index contributed by atoms with van der Waals surface area (Å²) in [6, 6.07) is 6.27. The number of hydrogen-bond donors (Lipinski definition) is 2. The molecule has 0 spiro atoms. The number of hydrogen-bond acceptors (Lipinski definition) is 2. The fraction of sp³-hybridized carbons (Fsp3) is 0.538. The molecule has 15 heavy (non-hydrogen) atoms. The van der Waals surface area contributed by atoms with Gasteiger partial charge in [0.25, 0.3) is 0 Å². The van der Waals surface area contributed by atoms with Crippen LogP contribution in [0.5, 0.6) is 0 Å². The second-order valence-electron chi connectivity index (χ2n) is 4.72. The molecule has 1 aromatic carbocycles. The molecule has 0 aliphatic rings. The summed E-state index contributed by atoms with van der Waals surface area (Å²) in [5.41, 5.74) is 3.28. The first-order valence-electron chi connectivity index (χ1n) is 5.28. The molecule has 0 fully saturated rings. The molecule has 0 atom stereocenters. The van der Waals surface area contributed by atoms with Crippen LogP contribution >= 0.6 is 0 Å². The van der Waals surface area contributed by atoms with E-state index in [1.807, 2.05) is 6.92 Å². The third kappa shape index (κ3) is 3.05. The van der Waals surface area contributed by atoms with Crippen molar-refractivity contribution in [1.29, 1.82) is 0 Å². The first-order valence-corrected chi connectivity index (χ1v) is 5.28. The van der Waals surface area contributed by atoms with Gasteiger partial charge in [-0.15, -0.1) is 0 Å². The summed E-state index contributed by atoms with van der Waals surface area (Å²) in [6.45, 7) is 6.07. The van der Waals surface area contributed by atoms with Gasteiger partial charge in [-0.25, -0.2) is 0 Å². The van der Waals surface area contributed by atoms with Crippen molar-refractivity contribution < 1.29 is 10.2 Å². The largest absolute Gasteiger partial charge is 0.396 e. The molecule has 1 rings (SSSR count). The first kappa shape index (κ1) is 12.2. The second kappa shape index (κ2) is 4.77. The van der Waals surface area contributed by atoms with E-state index < -0.39 is 5.41 Å². The Morgan fingerprint density at radius 3 is 2.13 bits per heavy atom. The van der Waals surface area contributed by atoms with Crippen LogP contribution in [-0.4, -0.2) is 23.4 Å². The minimum absolute atomic E-state index is 0.0103. The van der Waals surface area contributed by atoms with Crippen molar-refractivity contribution >= 4 is 0 Å². The third-order valence-electron chi connectivity index (χ3n) is 2.97. The number of benzene rings is 1. The Labute approximate surface area is 91.6 Å². The van der Waals surface area contributed by atoms with Crippen molar-refractivity contribution in [3.8, 4) is 0 Å². The molecule has 0 amide bonds. The molecular weight excluding hydrogens is 188 g/mol. The highest BCUT2D eigenvalue weighted by molar-refractivity contribution is 5.30. The predicted octanol–water partition coefficient (Wildman–Crippen LogP) is 1.84. The fourth-order valence-electron chi connectivity index (χ4n) is 1.57. The lowest BCUT2D eigenvalue weighted by atomic mass is 9.84. The fourth-order valence-corrected chi connectivity index (χ4v) is 1.57. The summed E-state index contributed by atoms with van der Waals surface area (Å²) in [4.78, 5) is 0. The molecule has 0 aliphatic carbocycles. The Hall–Kier alpha value is -0.860. The van der Waals surface area contributed by atoms with Gasteiger partial charge in [0.2, 0.25) is 0 Å². The first-order chi connectivity index (χ1) is 7.00. The van der Waals surface area contributed by atoms with Crippen molar-refractivity contribution in [2.45, 2.75) is 27.2 Å². The third-order valence-corrected chi connectivity index (χ3v) is 2.97. The Kier molecular flexibility index (Phi) is 3.89. The molecule has 0 saturated carbocycles. The van der Waals surface area contributed by atoms with Crippen LogP contribution in [0.15, 0.2) is 18.2 Å². The van der Waals surface area contributed by atoms with Gasteiger partial charge in [0.15, 0.2) is 0 Å². The van der Waals surface area contributed by atoms with E-state index in [4.69, 9.17) is 0 Å². The quantitative estimate of drug-likeness (QED) is 0.792. The van der Waals surface area contributed by atoms with Crippen molar-refractivity contribution in [2.24, 2.45) is 5.41 Å². The number of aliphatic hydroxyl groups excluding tert-OH is 2. The van der Waals surface area contributed by atoms with Crippen molar-refractivity contribution in [3.05, 3.63) is 34.9 Å². The van der Waals surface area contributed by atoms with Gasteiger partial charge in [0, 0.05) is 5.41 Å². The Morgan fingerprint density at radius 2 is 1.67 bits per heavy atom. The summed E-state index contributed by atoms with van der Waals surface area (Å²) < 4.78 is 0. The zero-order valence-electron chi connectivity index (χ0n) is 9.75. The van der Waals surface area contributed by atoms with Crippen LogP contribution < -0.4 is 0 Å². The molecule has 0 saturated heterocycles. The van der Waals surface area contributed by atoms with Crippen molar-refractivity contribution in [3.63, 3.8) is 0 Å². The summed E-state index contributed by atoms with van der Waals surface area (Å²) >= 11 is 0. The topological polar surface area (TPSA) is 40.5 Å². The van der Waals surface area contributed by atoms with Gasteiger partial charge >= 0.3 is 0 Å². The van der Waals surface area contributed by atoms with E-state index in [2.05, 4.69) is 32.0 Å². The van der Waals surface area contributed by atoms with Crippen LogP contribution in [-0.2, 0) is 6.42 Å². The van der Waals surface area contributed by atoms with Gasteiger partial charge in [0.05, 0.1) is 13.2 Å². The normalized spacial score (nSPS) is 11.8. The molecule has 0 aromatic heterocycles. The molecule has 0 bridgehead atoms. The minimum Gasteiger partial charge on any atom is -0.396 e. The van der Waals surface area contributed by atoms with E-state index in [0.717, 1.165) is 0 Å². The van der Waals surface area contributed by atoms with Gasteiger partial charge < -0.3 is 10.2 Å². The zero-order valence-corrected chi connectivity index (χ0v) is 9.75. The summed E-state index contributed by atoms with van der Waals surface area (Å²) in [7, 11) is 0. The molecular formula is C13H20O2. The van der Waals surface area contributed by atoms with Crippen LogP contribution in [0, 0.1) is 19.3 Å². The zero-order chi connectivity index (χ0) is 11.5. The van der Waals surface area contributed by atoms with Crippen LogP contribution in [0.2, 0.25) is 0 Å². The minimum atomic E-state index is -0.415. The summed E-state index contributed by atoms with van der Waals surface area (Å²) in [5, 5.41) is 18.4. The monoisotopic (exact) mass is 208 g/mol.